The molecule has 0 saturated heterocycles. The maximum atomic E-state index is 14.9. The van der Waals surface area contributed by atoms with Crippen LogP contribution in [-0.4, -0.2) is 38.0 Å². The van der Waals surface area contributed by atoms with E-state index in [1.165, 1.54) is 19.9 Å². The monoisotopic (exact) mass is 681 g/mol. The Balaban J connectivity index is 2.50. The molecule has 0 bridgehead atoms. The zero-order chi connectivity index (χ0) is 28.3. The van der Waals surface area contributed by atoms with E-state index in [0.29, 0.717) is 6.07 Å². The minimum absolute atomic E-state index is 0.154. The molecule has 0 fully saturated rings. The van der Waals surface area contributed by atoms with Gasteiger partial charge in [-0.15, -0.1) is 0 Å². The van der Waals surface area contributed by atoms with Gasteiger partial charge in [-0.1, -0.05) is 44.8 Å². The first-order valence-corrected chi connectivity index (χ1v) is 13.9. The van der Waals surface area contributed by atoms with Crippen LogP contribution < -0.4 is 5.32 Å². The number of hydrogen-bond donors (Lipinski definition) is 1. The van der Waals surface area contributed by atoms with Gasteiger partial charge in [-0.05, 0) is 48.9 Å². The molecule has 0 spiro atoms. The second kappa shape index (κ2) is 11.9. The highest BCUT2D eigenvalue weighted by Gasteiger charge is 2.41. The average molecular weight is 683 g/mol. The summed E-state index contributed by atoms with van der Waals surface area (Å²) in [4.78, 5) is 12.5. The number of halogens is 9. The summed E-state index contributed by atoms with van der Waals surface area (Å²) >= 11 is 6.08. The van der Waals surface area contributed by atoms with E-state index < -0.39 is 68.3 Å². The van der Waals surface area contributed by atoms with Gasteiger partial charge in [0.2, 0.25) is 0 Å². The fourth-order valence-electron chi connectivity index (χ4n) is 3.34. The Morgan fingerprint density at radius 1 is 1.03 bits per heavy atom. The van der Waals surface area contributed by atoms with Gasteiger partial charge in [-0.25, -0.2) is 12.8 Å². The Morgan fingerprint density at radius 2 is 1.59 bits per heavy atom. The van der Waals surface area contributed by atoms with Crippen LogP contribution in [0.1, 0.15) is 46.8 Å². The summed E-state index contributed by atoms with van der Waals surface area (Å²) in [7, 11) is -3.55. The van der Waals surface area contributed by atoms with Crippen LogP contribution >= 0.6 is 31.9 Å². The van der Waals surface area contributed by atoms with Gasteiger partial charge in [0, 0.05) is 26.3 Å². The summed E-state index contributed by atoms with van der Waals surface area (Å²) < 4.78 is 121. The van der Waals surface area contributed by atoms with Crippen molar-refractivity contribution in [2.75, 3.05) is 11.5 Å². The fraction of sp³-hybridized carbons (Fsp3) is 0.348. The minimum atomic E-state index is -5.17. The molecule has 37 heavy (non-hydrogen) atoms. The molecule has 0 heterocycles. The molecule has 1 amide bonds. The lowest BCUT2D eigenvalue weighted by Crippen LogP contribution is -2.38. The van der Waals surface area contributed by atoms with Crippen molar-refractivity contribution in [1.82, 2.24) is 5.32 Å². The van der Waals surface area contributed by atoms with Crippen LogP contribution in [0.4, 0.5) is 30.7 Å². The number of carbonyl (C=O) groups is 1. The van der Waals surface area contributed by atoms with Crippen LogP contribution in [0.3, 0.4) is 0 Å². The minimum Gasteiger partial charge on any atom is -0.349 e. The zero-order valence-corrected chi connectivity index (χ0v) is 23.1. The lowest BCUT2D eigenvalue weighted by molar-refractivity contribution is -0.140. The summed E-state index contributed by atoms with van der Waals surface area (Å²) in [5.74, 6) is -6.10. The number of rotatable bonds is 8. The van der Waals surface area contributed by atoms with Crippen LogP contribution in [0.5, 0.6) is 0 Å². The first kappa shape index (κ1) is 31.3. The van der Waals surface area contributed by atoms with Crippen molar-refractivity contribution in [3.8, 4) is 0 Å². The first-order valence-electron chi connectivity index (χ1n) is 10.5. The first-order chi connectivity index (χ1) is 16.8. The Morgan fingerprint density at radius 3 is 2.08 bits per heavy atom. The highest BCUT2D eigenvalue weighted by Crippen LogP contribution is 2.41. The van der Waals surface area contributed by atoms with Gasteiger partial charge in [0.1, 0.15) is 11.7 Å². The predicted octanol–water partition coefficient (Wildman–Crippen LogP) is 7.44. The summed E-state index contributed by atoms with van der Waals surface area (Å²) in [6, 6.07) is 4.22. The van der Waals surface area contributed by atoms with Crippen molar-refractivity contribution in [2.24, 2.45) is 0 Å². The summed E-state index contributed by atoms with van der Waals surface area (Å²) in [6.07, 6.45) is -9.99. The standard InChI is InChI=1S/C23H20Br2F7NO3S/c1-3-37(35,36)11-12(2)33-21(34)17-5-4-13(8-19(17)23(30,31)32)20(26)10-18(22(27,28)29)14-6-15(24)9-16(25)7-14/h4-10,12,18H,3,11H2,1-2H3,(H,33,34)/b20-10-/t12-,18?/m1/s1. The van der Waals surface area contributed by atoms with E-state index in [9.17, 15) is 43.9 Å². The molecule has 2 aromatic rings. The van der Waals surface area contributed by atoms with Gasteiger partial charge in [0.25, 0.3) is 5.91 Å². The molecule has 0 radical (unpaired) electrons. The number of amides is 1. The molecule has 204 valence electrons. The normalized spacial score (nSPS) is 14.8. The van der Waals surface area contributed by atoms with Gasteiger partial charge in [-0.3, -0.25) is 4.79 Å². The van der Waals surface area contributed by atoms with Gasteiger partial charge >= 0.3 is 12.4 Å². The van der Waals surface area contributed by atoms with E-state index in [2.05, 4.69) is 37.2 Å². The van der Waals surface area contributed by atoms with E-state index in [0.717, 1.165) is 18.2 Å². The molecule has 4 nitrogen and oxygen atoms in total. The molecule has 2 aromatic carbocycles. The smallest absolute Gasteiger partial charge is 0.349 e. The van der Waals surface area contributed by atoms with Gasteiger partial charge in [-0.2, -0.15) is 26.3 Å². The SMILES string of the molecule is CCS(=O)(=O)C[C@@H](C)NC(=O)c1ccc(/C(F)=C/C(c2cc(Br)cc(Br)c2)C(F)(F)F)cc1C(F)(F)F. The molecule has 0 saturated carbocycles. The Bertz CT molecular complexity index is 1270. The number of sulfone groups is 1. The number of hydrogen-bond acceptors (Lipinski definition) is 3. The quantitative estimate of drug-likeness (QED) is 0.295. The van der Waals surface area contributed by atoms with E-state index in [-0.39, 0.29) is 32.4 Å². The Labute approximate surface area is 225 Å². The van der Waals surface area contributed by atoms with E-state index >= 15 is 0 Å². The van der Waals surface area contributed by atoms with Crippen molar-refractivity contribution < 1.29 is 43.9 Å². The van der Waals surface area contributed by atoms with Crippen LogP contribution in [-0.2, 0) is 16.0 Å². The summed E-state index contributed by atoms with van der Waals surface area (Å²) in [5, 5.41) is 2.15. The largest absolute Gasteiger partial charge is 0.417 e. The van der Waals surface area contributed by atoms with Crippen LogP contribution in [0, 0.1) is 0 Å². The molecule has 0 aromatic heterocycles. The number of allylic oxidation sites excluding steroid dienone is 1. The third kappa shape index (κ3) is 8.81. The van der Waals surface area contributed by atoms with E-state index in [1.54, 1.807) is 0 Å². The third-order valence-corrected chi connectivity index (χ3v) is 7.88. The van der Waals surface area contributed by atoms with Crippen LogP contribution in [0.15, 0.2) is 51.4 Å². The molecule has 1 unspecified atom stereocenters. The van der Waals surface area contributed by atoms with E-state index in [1.807, 2.05) is 0 Å². The molecule has 2 rings (SSSR count). The van der Waals surface area contributed by atoms with Gasteiger partial charge in [0.15, 0.2) is 9.84 Å². The number of carbonyl (C=O) groups excluding carboxylic acids is 1. The lowest BCUT2D eigenvalue weighted by Gasteiger charge is -2.19. The van der Waals surface area contributed by atoms with Crippen LogP contribution in [0.25, 0.3) is 5.83 Å². The number of nitrogens with one attached hydrogen (secondary N) is 1. The molecule has 14 heteroatoms. The van der Waals surface area contributed by atoms with Crippen molar-refractivity contribution in [3.63, 3.8) is 0 Å². The van der Waals surface area contributed by atoms with Crippen molar-refractivity contribution in [2.45, 2.75) is 38.2 Å². The summed E-state index contributed by atoms with van der Waals surface area (Å²) in [5.41, 5.74) is -3.72. The van der Waals surface area contributed by atoms with Crippen molar-refractivity contribution in [3.05, 3.63) is 73.7 Å². The van der Waals surface area contributed by atoms with Gasteiger partial charge in [0.05, 0.1) is 16.9 Å². The molecule has 0 aliphatic rings. The average Bonchev–Trinajstić information content (AvgIpc) is 2.74. The fourth-order valence-corrected chi connectivity index (χ4v) is 5.75. The van der Waals surface area contributed by atoms with Crippen LogP contribution in [0.2, 0.25) is 0 Å². The topological polar surface area (TPSA) is 63.2 Å². The third-order valence-electron chi connectivity index (χ3n) is 5.08. The second-order valence-corrected chi connectivity index (χ2v) is 12.3. The van der Waals surface area contributed by atoms with Crippen molar-refractivity contribution >= 4 is 53.4 Å². The highest BCUT2D eigenvalue weighted by molar-refractivity contribution is 9.11. The maximum Gasteiger partial charge on any atom is 0.417 e. The predicted molar refractivity (Wildman–Crippen MR) is 132 cm³/mol. The molecule has 2 atom stereocenters. The molecular formula is C23H20Br2F7NO3S. The molecule has 0 aliphatic carbocycles. The maximum absolute atomic E-state index is 14.9. The number of alkyl halides is 6. The summed E-state index contributed by atoms with van der Waals surface area (Å²) in [6.45, 7) is 2.65. The Kier molecular flexibility index (Phi) is 10.0. The molecule has 0 aliphatic heterocycles. The molecular weight excluding hydrogens is 663 g/mol. The lowest BCUT2D eigenvalue weighted by atomic mass is 9.95. The number of benzene rings is 2. The zero-order valence-electron chi connectivity index (χ0n) is 19.1. The highest BCUT2D eigenvalue weighted by atomic mass is 79.9. The molecule has 1 N–H and O–H groups in total. The van der Waals surface area contributed by atoms with Crippen molar-refractivity contribution in [1.29, 1.82) is 0 Å². The Hall–Kier alpha value is -1.93. The van der Waals surface area contributed by atoms with Gasteiger partial charge < -0.3 is 5.32 Å². The van der Waals surface area contributed by atoms with E-state index in [4.69, 9.17) is 0 Å². The second-order valence-electron chi connectivity index (χ2n) is 8.07.